The van der Waals surface area contributed by atoms with Crippen molar-refractivity contribution in [3.8, 4) is 5.75 Å². The minimum absolute atomic E-state index is 0.00190. The summed E-state index contributed by atoms with van der Waals surface area (Å²) < 4.78 is 37.4. The Kier molecular flexibility index (Phi) is 5.22. The summed E-state index contributed by atoms with van der Waals surface area (Å²) in [6, 6.07) is 6.52. The summed E-state index contributed by atoms with van der Waals surface area (Å²) in [6.45, 7) is 1.05. The van der Waals surface area contributed by atoms with E-state index in [1.807, 2.05) is 0 Å². The van der Waals surface area contributed by atoms with E-state index in [2.05, 4.69) is 0 Å². The van der Waals surface area contributed by atoms with Crippen LogP contribution in [0.15, 0.2) is 34.5 Å². The Hall–Kier alpha value is -2.23. The Balaban J connectivity index is 1.45. The standard InChI is InChI=1S/C19H19NO6S2/c21-15(13-3-4-16-14(11-13)5-9-25-16)12-26-19(22)18-17(6-10-27-18)28(23,24)20-7-1-2-8-20/h3-4,6,10-11H,1-2,5,7-9,12H2. The lowest BCUT2D eigenvalue weighted by Crippen LogP contribution is -2.29. The van der Waals surface area contributed by atoms with Gasteiger partial charge in [-0.3, -0.25) is 4.79 Å². The van der Waals surface area contributed by atoms with Crippen LogP contribution in [-0.4, -0.2) is 50.8 Å². The van der Waals surface area contributed by atoms with Crippen LogP contribution in [0.1, 0.15) is 38.4 Å². The van der Waals surface area contributed by atoms with Crippen LogP contribution in [0.5, 0.6) is 5.75 Å². The predicted octanol–water partition coefficient (Wildman–Crippen LogP) is 2.51. The SMILES string of the molecule is O=C(COC(=O)c1sccc1S(=O)(=O)N1CCCC1)c1ccc2c(c1)CCO2. The van der Waals surface area contributed by atoms with E-state index in [4.69, 9.17) is 9.47 Å². The molecule has 0 atom stereocenters. The van der Waals surface area contributed by atoms with E-state index in [1.165, 1.54) is 10.4 Å². The summed E-state index contributed by atoms with van der Waals surface area (Å²) in [5.41, 5.74) is 1.39. The molecule has 0 N–H and O–H groups in total. The smallest absolute Gasteiger partial charge is 0.350 e. The molecule has 4 rings (SSSR count). The van der Waals surface area contributed by atoms with Crippen LogP contribution in [0.2, 0.25) is 0 Å². The highest BCUT2D eigenvalue weighted by Gasteiger charge is 2.32. The second-order valence-corrected chi connectivity index (χ2v) is 9.47. The maximum atomic E-state index is 12.7. The van der Waals surface area contributed by atoms with Gasteiger partial charge in [0.2, 0.25) is 10.0 Å². The van der Waals surface area contributed by atoms with Crippen LogP contribution in [0.25, 0.3) is 0 Å². The van der Waals surface area contributed by atoms with E-state index in [1.54, 1.807) is 23.6 Å². The molecule has 0 spiro atoms. The lowest BCUT2D eigenvalue weighted by molar-refractivity contribution is 0.0476. The highest BCUT2D eigenvalue weighted by Crippen LogP contribution is 2.29. The molecule has 0 aliphatic carbocycles. The molecule has 1 aromatic heterocycles. The predicted molar refractivity (Wildman–Crippen MR) is 103 cm³/mol. The van der Waals surface area contributed by atoms with Crippen molar-refractivity contribution >= 4 is 33.1 Å². The molecule has 0 amide bonds. The van der Waals surface area contributed by atoms with Crippen molar-refractivity contribution in [3.63, 3.8) is 0 Å². The summed E-state index contributed by atoms with van der Waals surface area (Å²) in [7, 11) is -3.72. The van der Waals surface area contributed by atoms with Crippen LogP contribution in [0.4, 0.5) is 0 Å². The van der Waals surface area contributed by atoms with Gasteiger partial charge in [0.15, 0.2) is 12.4 Å². The third kappa shape index (κ3) is 3.57. The fourth-order valence-corrected chi connectivity index (χ4v) is 6.16. The fraction of sp³-hybridized carbons (Fsp3) is 0.368. The number of esters is 1. The molecule has 0 bridgehead atoms. The van der Waals surface area contributed by atoms with Gasteiger partial charge in [-0.1, -0.05) is 0 Å². The number of hydrogen-bond donors (Lipinski definition) is 0. The molecule has 9 heteroatoms. The second kappa shape index (κ2) is 7.65. The molecular weight excluding hydrogens is 402 g/mol. The third-order valence-corrected chi connectivity index (χ3v) is 7.81. The molecule has 2 aliphatic rings. The van der Waals surface area contributed by atoms with E-state index in [9.17, 15) is 18.0 Å². The highest BCUT2D eigenvalue weighted by atomic mass is 32.2. The summed E-state index contributed by atoms with van der Waals surface area (Å²) in [4.78, 5) is 24.8. The Morgan fingerprint density at radius 2 is 1.96 bits per heavy atom. The monoisotopic (exact) mass is 421 g/mol. The van der Waals surface area contributed by atoms with Gasteiger partial charge in [0.1, 0.15) is 15.5 Å². The molecule has 7 nitrogen and oxygen atoms in total. The molecular formula is C19H19NO6S2. The lowest BCUT2D eigenvalue weighted by Gasteiger charge is -2.15. The van der Waals surface area contributed by atoms with Gasteiger partial charge in [-0.05, 0) is 48.1 Å². The number of carbonyl (C=O) groups is 2. The lowest BCUT2D eigenvalue weighted by atomic mass is 10.1. The van der Waals surface area contributed by atoms with Crippen LogP contribution >= 0.6 is 11.3 Å². The number of ketones is 1. The van der Waals surface area contributed by atoms with E-state index in [-0.39, 0.29) is 15.6 Å². The maximum Gasteiger partial charge on any atom is 0.350 e. The van der Waals surface area contributed by atoms with Gasteiger partial charge in [-0.2, -0.15) is 4.31 Å². The normalized spacial score (nSPS) is 16.6. The zero-order valence-electron chi connectivity index (χ0n) is 15.0. The van der Waals surface area contributed by atoms with Crippen LogP contribution in [0, 0.1) is 0 Å². The van der Waals surface area contributed by atoms with Gasteiger partial charge >= 0.3 is 5.97 Å². The number of fused-ring (bicyclic) bond motifs is 1. The van der Waals surface area contributed by atoms with Crippen molar-refractivity contribution in [1.29, 1.82) is 0 Å². The molecule has 2 aliphatic heterocycles. The van der Waals surface area contributed by atoms with Crippen LogP contribution in [-0.2, 0) is 21.2 Å². The number of thiophene rings is 1. The van der Waals surface area contributed by atoms with Crippen LogP contribution < -0.4 is 4.74 Å². The molecule has 3 heterocycles. The maximum absolute atomic E-state index is 12.7. The third-order valence-electron chi connectivity index (χ3n) is 4.84. The van der Waals surface area contributed by atoms with Gasteiger partial charge in [0.25, 0.3) is 0 Å². The number of hydrogen-bond acceptors (Lipinski definition) is 7. The Morgan fingerprint density at radius 1 is 1.18 bits per heavy atom. The summed E-state index contributed by atoms with van der Waals surface area (Å²) in [5, 5.41) is 1.54. The van der Waals surface area contributed by atoms with E-state index < -0.39 is 22.6 Å². The number of rotatable bonds is 6. The first-order chi connectivity index (χ1) is 13.5. The Bertz CT molecular complexity index is 1020. The topological polar surface area (TPSA) is 90.0 Å². The minimum atomic E-state index is -3.72. The van der Waals surface area contributed by atoms with Gasteiger partial charge in [-0.25, -0.2) is 13.2 Å². The number of nitrogens with zero attached hydrogens (tertiary/aromatic N) is 1. The minimum Gasteiger partial charge on any atom is -0.493 e. The first kappa shape index (κ1) is 19.1. The van der Waals surface area contributed by atoms with E-state index >= 15 is 0 Å². The molecule has 148 valence electrons. The number of benzene rings is 1. The second-order valence-electron chi connectivity index (χ2n) is 6.65. The molecule has 1 saturated heterocycles. The molecule has 0 unspecified atom stereocenters. The Morgan fingerprint density at radius 3 is 2.75 bits per heavy atom. The van der Waals surface area contributed by atoms with Crippen molar-refractivity contribution < 1.29 is 27.5 Å². The summed E-state index contributed by atoms with van der Waals surface area (Å²) >= 11 is 0.999. The zero-order valence-corrected chi connectivity index (χ0v) is 16.7. The van der Waals surface area contributed by atoms with Gasteiger partial charge in [-0.15, -0.1) is 11.3 Å². The first-order valence-corrected chi connectivity index (χ1v) is 11.3. The fourth-order valence-electron chi connectivity index (χ4n) is 3.36. The average molecular weight is 421 g/mol. The van der Waals surface area contributed by atoms with Crippen molar-refractivity contribution in [2.24, 2.45) is 0 Å². The van der Waals surface area contributed by atoms with E-state index in [0.717, 1.165) is 41.9 Å². The highest BCUT2D eigenvalue weighted by molar-refractivity contribution is 7.89. The summed E-state index contributed by atoms with van der Waals surface area (Å²) in [6.07, 6.45) is 2.36. The van der Waals surface area contributed by atoms with Gasteiger partial charge in [0, 0.05) is 25.1 Å². The molecule has 0 saturated carbocycles. The van der Waals surface area contributed by atoms with Gasteiger partial charge < -0.3 is 9.47 Å². The Labute approximate surface area is 166 Å². The van der Waals surface area contributed by atoms with Crippen molar-refractivity contribution in [3.05, 3.63) is 45.6 Å². The molecule has 28 heavy (non-hydrogen) atoms. The number of Topliss-reactive ketones (excluding diaryl/α,β-unsaturated/α-hetero) is 1. The molecule has 1 aromatic carbocycles. The number of sulfonamides is 1. The number of carbonyl (C=O) groups excluding carboxylic acids is 2. The molecule has 1 fully saturated rings. The quantitative estimate of drug-likeness (QED) is 0.526. The van der Waals surface area contributed by atoms with Crippen LogP contribution in [0.3, 0.4) is 0 Å². The van der Waals surface area contributed by atoms with Crippen molar-refractivity contribution in [2.75, 3.05) is 26.3 Å². The first-order valence-electron chi connectivity index (χ1n) is 9.00. The summed E-state index contributed by atoms with van der Waals surface area (Å²) in [5.74, 6) is -0.377. The van der Waals surface area contributed by atoms with Crippen molar-refractivity contribution in [1.82, 2.24) is 4.31 Å². The number of ether oxygens (including phenoxy) is 2. The zero-order chi connectivity index (χ0) is 19.7. The van der Waals surface area contributed by atoms with Crippen molar-refractivity contribution in [2.45, 2.75) is 24.2 Å². The van der Waals surface area contributed by atoms with E-state index in [0.29, 0.717) is 25.3 Å². The largest absolute Gasteiger partial charge is 0.493 e. The molecule has 2 aromatic rings. The average Bonchev–Trinajstić information content (AvgIpc) is 3.45. The van der Waals surface area contributed by atoms with Gasteiger partial charge in [0.05, 0.1) is 6.61 Å². The molecule has 0 radical (unpaired) electrons.